The van der Waals surface area contributed by atoms with Gasteiger partial charge in [-0.2, -0.15) is 0 Å². The van der Waals surface area contributed by atoms with E-state index < -0.39 is 5.67 Å². The molecule has 6 heteroatoms. The summed E-state index contributed by atoms with van der Waals surface area (Å²) < 4.78 is 14.7. The molecule has 5 nitrogen and oxygen atoms in total. The quantitative estimate of drug-likeness (QED) is 0.687. The molecule has 1 amide bonds. The van der Waals surface area contributed by atoms with Crippen molar-refractivity contribution in [1.29, 1.82) is 0 Å². The van der Waals surface area contributed by atoms with Gasteiger partial charge in [0, 0.05) is 48.5 Å². The lowest BCUT2D eigenvalue weighted by molar-refractivity contribution is -0.126. The molecule has 34 heavy (non-hydrogen) atoms. The van der Waals surface area contributed by atoms with E-state index in [1.54, 1.807) is 4.90 Å². The standard InChI is InChI=1S/C28H32FN3O2/c1-2-28(29)9-11-31(17-28)27(34)22-13-19-4-3-10-32(26(19)30-16-22)23-7-8-24-20(15-23)14-21(25(24)33)12-18-5-6-18/h7-8,13-15,18,30H,2-6,9-12,16-17H2,1H3. The number of benzene rings is 1. The molecule has 6 rings (SSSR count). The van der Waals surface area contributed by atoms with Crippen molar-refractivity contribution < 1.29 is 14.0 Å². The van der Waals surface area contributed by atoms with Crippen molar-refractivity contribution in [3.05, 3.63) is 57.9 Å². The third-order valence-electron chi connectivity index (χ3n) is 8.11. The number of allylic oxidation sites excluding steroid dienone is 3. The SMILES string of the molecule is CCC1(F)CCN(C(=O)C2=CC3=C(NC2)N(c2ccc4c(c2)C=C(CC2CC2)C4=O)CCC3)C1. The number of rotatable bonds is 5. The maximum atomic E-state index is 14.7. The summed E-state index contributed by atoms with van der Waals surface area (Å²) in [6, 6.07) is 6.14. The molecule has 178 valence electrons. The molecule has 0 bridgehead atoms. The van der Waals surface area contributed by atoms with Crippen molar-refractivity contribution >= 4 is 23.5 Å². The van der Waals surface area contributed by atoms with E-state index >= 15 is 0 Å². The summed E-state index contributed by atoms with van der Waals surface area (Å²) >= 11 is 0. The molecule has 2 fully saturated rings. The molecule has 3 aliphatic heterocycles. The number of likely N-dealkylation sites (tertiary alicyclic amines) is 1. The zero-order valence-corrected chi connectivity index (χ0v) is 19.8. The summed E-state index contributed by atoms with van der Waals surface area (Å²) in [4.78, 5) is 29.8. The number of ketones is 1. The lowest BCUT2D eigenvalue weighted by atomic mass is 9.97. The van der Waals surface area contributed by atoms with E-state index in [0.29, 0.717) is 37.4 Å². The second-order valence-electron chi connectivity index (χ2n) is 10.6. The highest BCUT2D eigenvalue weighted by molar-refractivity contribution is 6.18. The normalized spacial score (nSPS) is 26.2. The Bertz CT molecular complexity index is 1160. The maximum absolute atomic E-state index is 14.7. The zero-order chi connectivity index (χ0) is 23.4. The van der Waals surface area contributed by atoms with Crippen LogP contribution in [0.4, 0.5) is 10.1 Å². The van der Waals surface area contributed by atoms with Crippen LogP contribution in [-0.4, -0.2) is 48.4 Å². The Labute approximate surface area is 200 Å². The van der Waals surface area contributed by atoms with Gasteiger partial charge in [-0.15, -0.1) is 0 Å². The Kier molecular flexibility index (Phi) is 5.16. The topological polar surface area (TPSA) is 52.7 Å². The Hall–Kier alpha value is -2.89. The van der Waals surface area contributed by atoms with E-state index in [-0.39, 0.29) is 18.2 Å². The predicted molar refractivity (Wildman–Crippen MR) is 131 cm³/mol. The fraction of sp³-hybridized carbons (Fsp3) is 0.500. The highest BCUT2D eigenvalue weighted by Gasteiger charge is 2.40. The number of Topliss-reactive ketones (excluding diaryl/α,β-unsaturated/α-hetero) is 1. The van der Waals surface area contributed by atoms with Crippen LogP contribution in [0.5, 0.6) is 0 Å². The highest BCUT2D eigenvalue weighted by atomic mass is 19.1. The Morgan fingerprint density at radius 3 is 2.85 bits per heavy atom. The van der Waals surface area contributed by atoms with Crippen LogP contribution >= 0.6 is 0 Å². The average molecular weight is 462 g/mol. The summed E-state index contributed by atoms with van der Waals surface area (Å²) in [5.41, 5.74) is 4.47. The number of fused-ring (bicyclic) bond motifs is 1. The molecule has 3 heterocycles. The van der Waals surface area contributed by atoms with Crippen molar-refractivity contribution in [3.8, 4) is 0 Å². The molecule has 0 radical (unpaired) electrons. The van der Waals surface area contributed by atoms with Crippen molar-refractivity contribution in [1.82, 2.24) is 10.2 Å². The van der Waals surface area contributed by atoms with Crippen LogP contribution in [0.25, 0.3) is 6.08 Å². The van der Waals surface area contributed by atoms with Crippen LogP contribution in [0, 0.1) is 5.92 Å². The van der Waals surface area contributed by atoms with Crippen LogP contribution < -0.4 is 10.2 Å². The van der Waals surface area contributed by atoms with E-state index in [1.807, 2.05) is 25.1 Å². The van der Waals surface area contributed by atoms with Gasteiger partial charge in [-0.1, -0.05) is 6.92 Å². The van der Waals surface area contributed by atoms with Gasteiger partial charge in [0.25, 0.3) is 5.91 Å². The molecule has 1 saturated heterocycles. The van der Waals surface area contributed by atoms with E-state index in [0.717, 1.165) is 59.6 Å². The van der Waals surface area contributed by atoms with Crippen molar-refractivity contribution in [2.75, 3.05) is 31.1 Å². The number of hydrogen-bond acceptors (Lipinski definition) is 4. The minimum atomic E-state index is -1.24. The van der Waals surface area contributed by atoms with E-state index in [1.165, 1.54) is 12.8 Å². The lowest BCUT2D eigenvalue weighted by Gasteiger charge is -2.36. The van der Waals surface area contributed by atoms with Crippen molar-refractivity contribution in [3.63, 3.8) is 0 Å². The van der Waals surface area contributed by atoms with Crippen LogP contribution in [0.3, 0.4) is 0 Å². The number of hydrogen-bond donors (Lipinski definition) is 1. The number of alkyl halides is 1. The number of dihydropyridines is 1. The molecule has 0 spiro atoms. The summed E-state index contributed by atoms with van der Waals surface area (Å²) in [7, 11) is 0. The second-order valence-corrected chi connectivity index (χ2v) is 10.6. The Morgan fingerprint density at radius 2 is 2.09 bits per heavy atom. The Morgan fingerprint density at radius 1 is 1.24 bits per heavy atom. The van der Waals surface area contributed by atoms with E-state index in [2.05, 4.69) is 22.4 Å². The predicted octanol–water partition coefficient (Wildman–Crippen LogP) is 4.76. The average Bonchev–Trinajstić information content (AvgIpc) is 3.51. The number of amides is 1. The molecular weight excluding hydrogens is 429 g/mol. The van der Waals surface area contributed by atoms with Crippen molar-refractivity contribution in [2.24, 2.45) is 5.92 Å². The molecule has 1 atom stereocenters. The van der Waals surface area contributed by atoms with Crippen LogP contribution in [-0.2, 0) is 4.79 Å². The minimum absolute atomic E-state index is 0.0477. The van der Waals surface area contributed by atoms with Crippen LogP contribution in [0.2, 0.25) is 0 Å². The van der Waals surface area contributed by atoms with Gasteiger partial charge in [-0.25, -0.2) is 4.39 Å². The van der Waals surface area contributed by atoms with Crippen LogP contribution in [0.1, 0.15) is 67.8 Å². The molecule has 5 aliphatic rings. The number of anilines is 1. The molecular formula is C28H32FN3O2. The maximum Gasteiger partial charge on any atom is 0.251 e. The first-order valence-electron chi connectivity index (χ1n) is 12.8. The zero-order valence-electron chi connectivity index (χ0n) is 19.8. The molecule has 1 N–H and O–H groups in total. The molecule has 0 aromatic heterocycles. The third kappa shape index (κ3) is 3.77. The fourth-order valence-electron chi connectivity index (χ4n) is 5.77. The monoisotopic (exact) mass is 461 g/mol. The molecule has 1 saturated carbocycles. The highest BCUT2D eigenvalue weighted by Crippen LogP contribution is 2.40. The first kappa shape index (κ1) is 21.6. The number of halogens is 1. The smallest absolute Gasteiger partial charge is 0.251 e. The summed E-state index contributed by atoms with van der Waals surface area (Å²) in [5.74, 6) is 1.88. The van der Waals surface area contributed by atoms with Gasteiger partial charge in [0.1, 0.15) is 11.5 Å². The van der Waals surface area contributed by atoms with Gasteiger partial charge >= 0.3 is 0 Å². The first-order valence-corrected chi connectivity index (χ1v) is 12.8. The van der Waals surface area contributed by atoms with Gasteiger partial charge in [-0.05, 0) is 85.9 Å². The second kappa shape index (κ2) is 8.10. The van der Waals surface area contributed by atoms with Gasteiger partial charge in [0.05, 0.1) is 6.54 Å². The van der Waals surface area contributed by atoms with Gasteiger partial charge in [-0.3, -0.25) is 9.59 Å². The van der Waals surface area contributed by atoms with E-state index in [9.17, 15) is 14.0 Å². The summed E-state index contributed by atoms with van der Waals surface area (Å²) in [6.07, 6.45) is 10.3. The molecule has 1 aromatic carbocycles. The summed E-state index contributed by atoms with van der Waals surface area (Å²) in [5, 5.41) is 3.49. The molecule has 2 aliphatic carbocycles. The van der Waals surface area contributed by atoms with Gasteiger partial charge in [0.2, 0.25) is 0 Å². The number of carbonyl (C=O) groups excluding carboxylic acids is 2. The fourth-order valence-corrected chi connectivity index (χ4v) is 5.77. The Balaban J connectivity index is 1.24. The largest absolute Gasteiger partial charge is 0.367 e. The van der Waals surface area contributed by atoms with Gasteiger partial charge in [0.15, 0.2) is 5.78 Å². The van der Waals surface area contributed by atoms with Crippen molar-refractivity contribution in [2.45, 2.75) is 57.5 Å². The lowest BCUT2D eigenvalue weighted by Crippen LogP contribution is -2.42. The molecule has 1 aromatic rings. The number of carbonyl (C=O) groups is 2. The van der Waals surface area contributed by atoms with Gasteiger partial charge < -0.3 is 15.1 Å². The number of nitrogens with zero attached hydrogens (tertiary/aromatic N) is 2. The number of nitrogens with one attached hydrogen (secondary N) is 1. The minimum Gasteiger partial charge on any atom is -0.367 e. The van der Waals surface area contributed by atoms with E-state index in [4.69, 9.17) is 0 Å². The first-order chi connectivity index (χ1) is 16.4. The summed E-state index contributed by atoms with van der Waals surface area (Å²) in [6.45, 7) is 3.87. The third-order valence-corrected chi connectivity index (χ3v) is 8.11. The molecule has 1 unspecified atom stereocenters. The van der Waals surface area contributed by atoms with Crippen LogP contribution in [0.15, 0.2) is 46.8 Å².